The fraction of sp³-hybridized carbons (Fsp3) is 0.0909. The Bertz CT molecular complexity index is 594. The summed E-state index contributed by atoms with van der Waals surface area (Å²) >= 11 is 6.05. The molecule has 6 nitrogen and oxygen atoms in total. The molecule has 0 fully saturated rings. The molecule has 0 spiro atoms. The molecule has 0 unspecified atom stereocenters. The molecule has 0 aliphatic carbocycles. The molecule has 2 aromatic rings. The number of nitrogens with two attached hydrogens (primary N) is 1. The predicted octanol–water partition coefficient (Wildman–Crippen LogP) is 1.63. The molecule has 1 aromatic heterocycles. The lowest BCUT2D eigenvalue weighted by molar-refractivity contribution is 0.318. The van der Waals surface area contributed by atoms with Crippen molar-refractivity contribution in [1.29, 1.82) is 0 Å². The van der Waals surface area contributed by atoms with E-state index in [4.69, 9.17) is 27.3 Å². The molecule has 0 aliphatic rings. The quantitative estimate of drug-likeness (QED) is 0.383. The Balaban J connectivity index is 2.39. The van der Waals surface area contributed by atoms with Gasteiger partial charge in [0.2, 0.25) is 0 Å². The largest absolute Gasteiger partial charge is 0.493 e. The van der Waals surface area contributed by atoms with Crippen molar-refractivity contribution in [2.75, 3.05) is 7.11 Å². The van der Waals surface area contributed by atoms with Crippen molar-refractivity contribution in [2.24, 2.45) is 10.9 Å². The number of amidine groups is 1. The maximum absolute atomic E-state index is 8.60. The van der Waals surface area contributed by atoms with Gasteiger partial charge in [0.25, 0.3) is 0 Å². The third-order valence-corrected chi connectivity index (χ3v) is 2.71. The van der Waals surface area contributed by atoms with Crippen LogP contribution in [0.2, 0.25) is 5.02 Å². The number of benzene rings is 1. The summed E-state index contributed by atoms with van der Waals surface area (Å²) < 4.78 is 6.65. The van der Waals surface area contributed by atoms with E-state index < -0.39 is 0 Å². The van der Waals surface area contributed by atoms with E-state index in [2.05, 4.69) is 10.3 Å². The Kier molecular flexibility index (Phi) is 3.38. The summed E-state index contributed by atoms with van der Waals surface area (Å²) in [5.41, 5.74) is 6.69. The molecule has 0 amide bonds. The Labute approximate surface area is 108 Å². The molecule has 0 bridgehead atoms. The van der Waals surface area contributed by atoms with Gasteiger partial charge in [-0.15, -0.1) is 0 Å². The van der Waals surface area contributed by atoms with Gasteiger partial charge in [0.15, 0.2) is 11.6 Å². The minimum Gasteiger partial charge on any atom is -0.493 e. The summed E-state index contributed by atoms with van der Waals surface area (Å²) in [6, 6.07) is 5.08. The summed E-state index contributed by atoms with van der Waals surface area (Å²) in [7, 11) is 1.57. The van der Waals surface area contributed by atoms with Gasteiger partial charge in [0.05, 0.1) is 30.2 Å². The van der Waals surface area contributed by atoms with Crippen LogP contribution in [0.1, 0.15) is 5.56 Å². The summed E-state index contributed by atoms with van der Waals surface area (Å²) in [4.78, 5) is 0. The van der Waals surface area contributed by atoms with Crippen molar-refractivity contribution in [2.45, 2.75) is 0 Å². The Morgan fingerprint density at radius 2 is 2.33 bits per heavy atom. The number of aromatic nitrogens is 2. The van der Waals surface area contributed by atoms with Crippen LogP contribution in [0.4, 0.5) is 0 Å². The molecule has 94 valence electrons. The molecule has 3 N–H and O–H groups in total. The SMILES string of the molecule is COc1cnn(-c2ccc(/C(N)=N/O)c(Cl)c2)c1. The molecule has 0 radical (unpaired) electrons. The maximum atomic E-state index is 8.60. The Morgan fingerprint density at radius 3 is 2.89 bits per heavy atom. The smallest absolute Gasteiger partial charge is 0.171 e. The fourth-order valence-electron chi connectivity index (χ4n) is 1.46. The van der Waals surface area contributed by atoms with Crippen LogP contribution in [0.15, 0.2) is 35.7 Å². The third-order valence-electron chi connectivity index (χ3n) is 2.40. The van der Waals surface area contributed by atoms with Crippen LogP contribution in [-0.2, 0) is 0 Å². The normalized spacial score (nSPS) is 11.6. The van der Waals surface area contributed by atoms with Crippen molar-refractivity contribution in [3.05, 3.63) is 41.2 Å². The molecule has 7 heteroatoms. The van der Waals surface area contributed by atoms with E-state index in [1.165, 1.54) is 0 Å². The third kappa shape index (κ3) is 2.23. The second-order valence-electron chi connectivity index (χ2n) is 3.47. The van der Waals surface area contributed by atoms with Gasteiger partial charge < -0.3 is 15.7 Å². The highest BCUT2D eigenvalue weighted by Gasteiger charge is 2.08. The molecule has 0 atom stereocenters. The summed E-state index contributed by atoms with van der Waals surface area (Å²) in [6.45, 7) is 0. The zero-order valence-electron chi connectivity index (χ0n) is 9.54. The molecular weight excluding hydrogens is 256 g/mol. The maximum Gasteiger partial charge on any atom is 0.171 e. The highest BCUT2D eigenvalue weighted by Crippen LogP contribution is 2.21. The lowest BCUT2D eigenvalue weighted by Gasteiger charge is -2.05. The second-order valence-corrected chi connectivity index (χ2v) is 3.88. The van der Waals surface area contributed by atoms with Gasteiger partial charge in [-0.05, 0) is 18.2 Å². The first-order chi connectivity index (χ1) is 8.65. The first-order valence-corrected chi connectivity index (χ1v) is 5.40. The second kappa shape index (κ2) is 4.97. The predicted molar refractivity (Wildman–Crippen MR) is 67.6 cm³/mol. The monoisotopic (exact) mass is 266 g/mol. The van der Waals surface area contributed by atoms with Crippen LogP contribution in [-0.4, -0.2) is 27.9 Å². The average molecular weight is 267 g/mol. The molecule has 18 heavy (non-hydrogen) atoms. The molecule has 1 heterocycles. The topological polar surface area (TPSA) is 85.7 Å². The van der Waals surface area contributed by atoms with Crippen LogP contribution in [0.3, 0.4) is 0 Å². The van der Waals surface area contributed by atoms with Crippen molar-refractivity contribution >= 4 is 17.4 Å². The molecule has 0 saturated heterocycles. The number of methoxy groups -OCH3 is 1. The van der Waals surface area contributed by atoms with Crippen molar-refractivity contribution in [1.82, 2.24) is 9.78 Å². The highest BCUT2D eigenvalue weighted by molar-refractivity contribution is 6.34. The minimum atomic E-state index is -0.0374. The van der Waals surface area contributed by atoms with Crippen molar-refractivity contribution < 1.29 is 9.94 Å². The van der Waals surface area contributed by atoms with E-state index in [0.29, 0.717) is 16.3 Å². The molecule has 0 saturated carbocycles. The van der Waals surface area contributed by atoms with E-state index in [-0.39, 0.29) is 5.84 Å². The zero-order chi connectivity index (χ0) is 13.1. The van der Waals surface area contributed by atoms with Gasteiger partial charge in [0.1, 0.15) is 0 Å². The number of halogens is 1. The van der Waals surface area contributed by atoms with Crippen LogP contribution in [0, 0.1) is 0 Å². The summed E-state index contributed by atoms with van der Waals surface area (Å²) in [5, 5.41) is 16.0. The number of hydrogen-bond donors (Lipinski definition) is 2. The number of hydrogen-bond acceptors (Lipinski definition) is 4. The molecular formula is C11H11ClN4O2. The van der Waals surface area contributed by atoms with Gasteiger partial charge in [-0.2, -0.15) is 5.10 Å². The van der Waals surface area contributed by atoms with Gasteiger partial charge in [0, 0.05) is 5.56 Å². The molecule has 1 aromatic carbocycles. The van der Waals surface area contributed by atoms with Crippen LogP contribution >= 0.6 is 11.6 Å². The lowest BCUT2D eigenvalue weighted by atomic mass is 10.2. The number of oxime groups is 1. The van der Waals surface area contributed by atoms with Gasteiger partial charge in [-0.3, -0.25) is 0 Å². The minimum absolute atomic E-state index is 0.0374. The van der Waals surface area contributed by atoms with E-state index in [9.17, 15) is 0 Å². The lowest BCUT2D eigenvalue weighted by Crippen LogP contribution is -2.13. The van der Waals surface area contributed by atoms with Crippen LogP contribution in [0.25, 0.3) is 5.69 Å². The standard InChI is InChI=1S/C11H11ClN4O2/c1-18-8-5-14-16(6-8)7-2-3-9(10(12)4-7)11(13)15-17/h2-6,17H,1H3,(H2,13,15). The van der Waals surface area contributed by atoms with Gasteiger partial charge in [-0.25, -0.2) is 4.68 Å². The van der Waals surface area contributed by atoms with E-state index in [0.717, 1.165) is 5.69 Å². The summed E-state index contributed by atoms with van der Waals surface area (Å²) in [5.74, 6) is 0.608. The Hall–Kier alpha value is -2.21. The fourth-order valence-corrected chi connectivity index (χ4v) is 1.73. The highest BCUT2D eigenvalue weighted by atomic mass is 35.5. The zero-order valence-corrected chi connectivity index (χ0v) is 10.3. The summed E-state index contributed by atoms with van der Waals surface area (Å²) in [6.07, 6.45) is 3.31. The van der Waals surface area contributed by atoms with Crippen molar-refractivity contribution in [3.63, 3.8) is 0 Å². The molecule has 2 rings (SSSR count). The Morgan fingerprint density at radius 1 is 1.56 bits per heavy atom. The number of ether oxygens (including phenoxy) is 1. The van der Waals surface area contributed by atoms with E-state index in [1.807, 2.05) is 0 Å². The van der Waals surface area contributed by atoms with Crippen molar-refractivity contribution in [3.8, 4) is 11.4 Å². The van der Waals surface area contributed by atoms with Crippen LogP contribution in [0.5, 0.6) is 5.75 Å². The molecule has 0 aliphatic heterocycles. The van der Waals surface area contributed by atoms with Crippen LogP contribution < -0.4 is 10.5 Å². The average Bonchev–Trinajstić information content (AvgIpc) is 2.86. The van der Waals surface area contributed by atoms with Gasteiger partial charge >= 0.3 is 0 Å². The first-order valence-electron chi connectivity index (χ1n) is 5.02. The van der Waals surface area contributed by atoms with Gasteiger partial charge in [-0.1, -0.05) is 16.8 Å². The first kappa shape index (κ1) is 12.3. The number of nitrogens with zero attached hydrogens (tertiary/aromatic N) is 3. The van der Waals surface area contributed by atoms with E-state index >= 15 is 0 Å². The van der Waals surface area contributed by atoms with E-state index in [1.54, 1.807) is 42.4 Å². The number of rotatable bonds is 3.